The molecule has 0 radical (unpaired) electrons. The lowest BCUT2D eigenvalue weighted by atomic mass is 9.91. The largest absolute Gasteiger partial charge is 0.462 e. The van der Waals surface area contributed by atoms with Gasteiger partial charge in [-0.05, 0) is 44.2 Å². The summed E-state index contributed by atoms with van der Waals surface area (Å²) < 4.78 is 10.1. The standard InChI is InChI=1S/C16H18N2O4/c1-3-21-15(19)12-10-7-5-6-9(10)11(8-17)14(18)13(12)16(20)22-4-2/h3-7,18H2,1-2H3. The lowest BCUT2D eigenvalue weighted by molar-refractivity contribution is 0.0479. The zero-order valence-corrected chi connectivity index (χ0v) is 12.7. The van der Waals surface area contributed by atoms with E-state index in [1.165, 1.54) is 0 Å². The van der Waals surface area contributed by atoms with E-state index in [1.54, 1.807) is 13.8 Å². The molecule has 22 heavy (non-hydrogen) atoms. The first-order valence-corrected chi connectivity index (χ1v) is 7.28. The van der Waals surface area contributed by atoms with Crippen molar-refractivity contribution in [1.29, 1.82) is 5.26 Å². The second kappa shape index (κ2) is 6.48. The number of rotatable bonds is 4. The Labute approximate surface area is 128 Å². The fourth-order valence-corrected chi connectivity index (χ4v) is 2.84. The molecule has 6 heteroatoms. The molecule has 0 aliphatic heterocycles. The number of anilines is 1. The van der Waals surface area contributed by atoms with E-state index in [1.807, 2.05) is 6.07 Å². The van der Waals surface area contributed by atoms with E-state index >= 15 is 0 Å². The molecule has 1 aliphatic carbocycles. The highest BCUT2D eigenvalue weighted by atomic mass is 16.5. The Hall–Kier alpha value is -2.55. The Morgan fingerprint density at radius 3 is 2.18 bits per heavy atom. The Morgan fingerprint density at radius 1 is 1.09 bits per heavy atom. The molecule has 0 fully saturated rings. The highest BCUT2D eigenvalue weighted by molar-refractivity contribution is 6.09. The quantitative estimate of drug-likeness (QED) is 0.674. The van der Waals surface area contributed by atoms with Crippen molar-refractivity contribution in [3.8, 4) is 6.07 Å². The third-order valence-electron chi connectivity index (χ3n) is 3.68. The van der Waals surface area contributed by atoms with Crippen LogP contribution in [0, 0.1) is 11.3 Å². The summed E-state index contributed by atoms with van der Waals surface area (Å²) >= 11 is 0. The number of nitrogen functional groups attached to an aromatic ring is 1. The summed E-state index contributed by atoms with van der Waals surface area (Å²) in [6.45, 7) is 3.70. The van der Waals surface area contributed by atoms with Gasteiger partial charge in [-0.15, -0.1) is 0 Å². The first kappa shape index (κ1) is 15.8. The predicted molar refractivity (Wildman–Crippen MR) is 79.5 cm³/mol. The van der Waals surface area contributed by atoms with Crippen LogP contribution in [0.2, 0.25) is 0 Å². The van der Waals surface area contributed by atoms with Crippen LogP contribution in [-0.2, 0) is 22.3 Å². The molecule has 0 heterocycles. The number of fused-ring (bicyclic) bond motifs is 1. The predicted octanol–water partition coefficient (Wildman–Crippen LogP) is 1.98. The van der Waals surface area contributed by atoms with Crippen LogP contribution in [0.25, 0.3) is 0 Å². The van der Waals surface area contributed by atoms with Gasteiger partial charge >= 0.3 is 11.9 Å². The molecule has 0 saturated heterocycles. The van der Waals surface area contributed by atoms with Crippen molar-refractivity contribution >= 4 is 17.6 Å². The van der Waals surface area contributed by atoms with Gasteiger partial charge in [-0.3, -0.25) is 0 Å². The molecule has 1 aromatic rings. The maximum Gasteiger partial charge on any atom is 0.341 e. The van der Waals surface area contributed by atoms with Crippen molar-refractivity contribution in [2.75, 3.05) is 18.9 Å². The van der Waals surface area contributed by atoms with Gasteiger partial charge in [0.1, 0.15) is 6.07 Å². The highest BCUT2D eigenvalue weighted by Crippen LogP contribution is 2.36. The first-order chi connectivity index (χ1) is 10.6. The monoisotopic (exact) mass is 302 g/mol. The Bertz CT molecular complexity index is 655. The average Bonchev–Trinajstić information content (AvgIpc) is 2.95. The van der Waals surface area contributed by atoms with Crippen molar-refractivity contribution < 1.29 is 19.1 Å². The third-order valence-corrected chi connectivity index (χ3v) is 3.68. The molecule has 0 amide bonds. The summed E-state index contributed by atoms with van der Waals surface area (Å²) in [6, 6.07) is 2.05. The van der Waals surface area contributed by atoms with Gasteiger partial charge in [-0.2, -0.15) is 5.26 Å². The molecule has 0 spiro atoms. The molecule has 1 aliphatic rings. The van der Waals surface area contributed by atoms with E-state index < -0.39 is 11.9 Å². The lowest BCUT2D eigenvalue weighted by Gasteiger charge is -2.17. The minimum atomic E-state index is -0.700. The second-order valence-corrected chi connectivity index (χ2v) is 4.90. The molecule has 2 N–H and O–H groups in total. The van der Waals surface area contributed by atoms with E-state index in [9.17, 15) is 14.9 Å². The van der Waals surface area contributed by atoms with E-state index in [0.717, 1.165) is 12.0 Å². The smallest absolute Gasteiger partial charge is 0.341 e. The summed E-state index contributed by atoms with van der Waals surface area (Å²) in [7, 11) is 0. The van der Waals surface area contributed by atoms with Crippen molar-refractivity contribution in [1.82, 2.24) is 0 Å². The van der Waals surface area contributed by atoms with Gasteiger partial charge in [0.2, 0.25) is 0 Å². The number of nitrogens with two attached hydrogens (primary N) is 1. The SMILES string of the molecule is CCOC(=O)c1c(N)c(C#N)c2c(c1C(=O)OCC)CCC2. The van der Waals surface area contributed by atoms with Gasteiger partial charge in [0, 0.05) is 0 Å². The third kappa shape index (κ3) is 2.50. The van der Waals surface area contributed by atoms with Crippen LogP contribution in [0.1, 0.15) is 57.7 Å². The van der Waals surface area contributed by atoms with Gasteiger partial charge in [-0.1, -0.05) is 0 Å². The number of hydrogen-bond acceptors (Lipinski definition) is 6. The number of benzene rings is 1. The molecule has 116 valence electrons. The van der Waals surface area contributed by atoms with Gasteiger partial charge in [-0.25, -0.2) is 9.59 Å². The molecule has 2 rings (SSSR count). The summed E-state index contributed by atoms with van der Waals surface area (Å²) in [5.74, 6) is -1.30. The number of hydrogen-bond donors (Lipinski definition) is 1. The Morgan fingerprint density at radius 2 is 1.64 bits per heavy atom. The van der Waals surface area contributed by atoms with Crippen LogP contribution in [0.4, 0.5) is 5.69 Å². The van der Waals surface area contributed by atoms with Gasteiger partial charge in [0.25, 0.3) is 0 Å². The topological polar surface area (TPSA) is 102 Å². The zero-order chi connectivity index (χ0) is 16.3. The van der Waals surface area contributed by atoms with Crippen molar-refractivity contribution in [3.05, 3.63) is 27.8 Å². The fraction of sp³-hybridized carbons (Fsp3) is 0.438. The van der Waals surface area contributed by atoms with Crippen LogP contribution in [0.3, 0.4) is 0 Å². The van der Waals surface area contributed by atoms with Crippen LogP contribution in [-0.4, -0.2) is 25.2 Å². The maximum absolute atomic E-state index is 12.3. The molecular formula is C16H18N2O4. The molecule has 0 saturated carbocycles. The van der Waals surface area contributed by atoms with Crippen molar-refractivity contribution in [2.45, 2.75) is 33.1 Å². The van der Waals surface area contributed by atoms with Gasteiger partial charge in [0.05, 0.1) is 35.6 Å². The van der Waals surface area contributed by atoms with Crippen LogP contribution in [0.5, 0.6) is 0 Å². The average molecular weight is 302 g/mol. The zero-order valence-electron chi connectivity index (χ0n) is 12.7. The minimum absolute atomic E-state index is 0.00431. The van der Waals surface area contributed by atoms with E-state index in [4.69, 9.17) is 15.2 Å². The second-order valence-electron chi connectivity index (χ2n) is 4.90. The molecule has 6 nitrogen and oxygen atoms in total. The van der Waals surface area contributed by atoms with Crippen LogP contribution < -0.4 is 5.73 Å². The van der Waals surface area contributed by atoms with Gasteiger partial charge < -0.3 is 15.2 Å². The maximum atomic E-state index is 12.3. The number of esters is 2. The lowest BCUT2D eigenvalue weighted by Crippen LogP contribution is -2.20. The molecule has 1 aromatic carbocycles. The molecular weight excluding hydrogens is 284 g/mol. The molecule has 0 atom stereocenters. The minimum Gasteiger partial charge on any atom is -0.462 e. The number of nitriles is 1. The Kier molecular flexibility index (Phi) is 4.66. The van der Waals surface area contributed by atoms with E-state index in [2.05, 4.69) is 0 Å². The molecule has 0 bridgehead atoms. The van der Waals surface area contributed by atoms with Gasteiger partial charge in [0.15, 0.2) is 0 Å². The van der Waals surface area contributed by atoms with E-state index in [-0.39, 0.29) is 35.6 Å². The molecule has 0 unspecified atom stereocenters. The van der Waals surface area contributed by atoms with E-state index in [0.29, 0.717) is 18.4 Å². The number of carbonyl (C=O) groups is 2. The fourth-order valence-electron chi connectivity index (χ4n) is 2.84. The first-order valence-electron chi connectivity index (χ1n) is 7.28. The highest BCUT2D eigenvalue weighted by Gasteiger charge is 2.33. The van der Waals surface area contributed by atoms with Crippen molar-refractivity contribution in [3.63, 3.8) is 0 Å². The number of carbonyl (C=O) groups excluding carboxylic acids is 2. The number of ether oxygens (including phenoxy) is 2. The summed E-state index contributed by atoms with van der Waals surface area (Å²) in [5, 5.41) is 9.35. The summed E-state index contributed by atoms with van der Waals surface area (Å²) in [4.78, 5) is 24.6. The van der Waals surface area contributed by atoms with Crippen LogP contribution in [0.15, 0.2) is 0 Å². The summed E-state index contributed by atoms with van der Waals surface area (Å²) in [6.07, 6.45) is 2.09. The van der Waals surface area contributed by atoms with Crippen molar-refractivity contribution in [2.24, 2.45) is 0 Å². The molecule has 0 aromatic heterocycles. The number of nitrogens with zero attached hydrogens (tertiary/aromatic N) is 1. The Balaban J connectivity index is 2.76. The normalized spacial score (nSPS) is 12.4. The van der Waals surface area contributed by atoms with Crippen LogP contribution >= 0.6 is 0 Å². The summed E-state index contributed by atoms with van der Waals surface area (Å²) in [5.41, 5.74) is 7.82.